The Morgan fingerprint density at radius 2 is 1.66 bits per heavy atom. The zero-order valence-corrected chi connectivity index (χ0v) is 16.1. The predicted molar refractivity (Wildman–Crippen MR) is 97.3 cm³/mol. The lowest BCUT2D eigenvalue weighted by atomic mass is 10.1. The third kappa shape index (κ3) is 5.19. The number of nitrogens with zero attached hydrogens (tertiary/aromatic N) is 5. The van der Waals surface area contributed by atoms with Gasteiger partial charge in [0, 0.05) is 29.7 Å². The van der Waals surface area contributed by atoms with Crippen LogP contribution in [0.15, 0.2) is 48.1 Å². The highest BCUT2D eigenvalue weighted by molar-refractivity contribution is 8.45. The minimum absolute atomic E-state index is 0.124. The number of aromatic nitrogens is 5. The van der Waals surface area contributed by atoms with Crippen molar-refractivity contribution in [2.24, 2.45) is 5.73 Å². The van der Waals surface area contributed by atoms with Crippen LogP contribution in [-0.2, 0) is 11.0 Å². The molecule has 16 heteroatoms. The van der Waals surface area contributed by atoms with Gasteiger partial charge in [-0.15, -0.1) is 5.10 Å². The van der Waals surface area contributed by atoms with Gasteiger partial charge in [0.25, 0.3) is 5.91 Å². The van der Waals surface area contributed by atoms with E-state index in [4.69, 9.17) is 5.73 Å². The zero-order chi connectivity index (χ0) is 24.0. The van der Waals surface area contributed by atoms with Crippen LogP contribution < -0.4 is 5.73 Å². The topological polar surface area (TPSA) is 99.6 Å². The lowest BCUT2D eigenvalue weighted by molar-refractivity contribution is -0.137. The van der Waals surface area contributed by atoms with E-state index in [1.807, 2.05) is 0 Å². The molecule has 1 aromatic carbocycles. The average Bonchev–Trinajstić information content (AvgIpc) is 3.12. The molecule has 0 atom stereocenters. The van der Waals surface area contributed by atoms with E-state index in [1.54, 1.807) is 0 Å². The van der Waals surface area contributed by atoms with Gasteiger partial charge in [0.05, 0.1) is 11.1 Å². The number of benzene rings is 1. The fraction of sp³-hybridized carbons (Fsp3) is 0.0625. The van der Waals surface area contributed by atoms with Gasteiger partial charge in [-0.3, -0.25) is 4.79 Å². The summed E-state index contributed by atoms with van der Waals surface area (Å²) in [4.78, 5) is 19.8. The number of hydrogen-bond acceptors (Lipinski definition) is 5. The zero-order valence-electron chi connectivity index (χ0n) is 15.3. The summed E-state index contributed by atoms with van der Waals surface area (Å²) < 4.78 is 106. The largest absolute Gasteiger partial charge is 0.416 e. The lowest BCUT2D eigenvalue weighted by Crippen LogP contribution is -2.14. The van der Waals surface area contributed by atoms with Gasteiger partial charge in [-0.2, -0.15) is 13.2 Å². The molecule has 1 amide bonds. The summed E-state index contributed by atoms with van der Waals surface area (Å²) in [5.41, 5.74) is 2.21. The van der Waals surface area contributed by atoms with Crippen molar-refractivity contribution in [1.82, 2.24) is 24.7 Å². The van der Waals surface area contributed by atoms with Gasteiger partial charge >= 0.3 is 16.4 Å². The molecule has 0 saturated heterocycles. The lowest BCUT2D eigenvalue weighted by Gasteiger charge is -2.40. The third-order valence-electron chi connectivity index (χ3n) is 3.84. The Morgan fingerprint density at radius 1 is 1.03 bits per heavy atom. The van der Waals surface area contributed by atoms with Gasteiger partial charge in [0.2, 0.25) is 0 Å². The van der Waals surface area contributed by atoms with Gasteiger partial charge in [-0.05, 0) is 18.2 Å². The van der Waals surface area contributed by atoms with Crippen LogP contribution in [0, 0.1) is 0 Å². The highest BCUT2D eigenvalue weighted by Crippen LogP contribution is 3.02. The van der Waals surface area contributed by atoms with Crippen LogP contribution in [0.1, 0.15) is 11.1 Å². The normalized spacial score (nSPS) is 15.2. The molecule has 0 unspecified atom stereocenters. The van der Waals surface area contributed by atoms with E-state index in [0.717, 1.165) is 23.5 Å². The van der Waals surface area contributed by atoms with Gasteiger partial charge in [0.1, 0.15) is 17.6 Å². The minimum atomic E-state index is -10.5. The molecule has 2 aromatic heterocycles. The Balaban J connectivity index is 2.14. The second-order valence-corrected chi connectivity index (χ2v) is 8.70. The van der Waals surface area contributed by atoms with Crippen molar-refractivity contribution < 1.29 is 37.4 Å². The van der Waals surface area contributed by atoms with Crippen LogP contribution in [0.3, 0.4) is 0 Å². The highest BCUT2D eigenvalue weighted by Gasteiger charge is 2.66. The summed E-state index contributed by atoms with van der Waals surface area (Å²) in [6.45, 7) is 0. The highest BCUT2D eigenvalue weighted by atomic mass is 32.5. The number of amides is 1. The number of carbonyl (C=O) groups is 1. The molecule has 2 heterocycles. The van der Waals surface area contributed by atoms with E-state index < -0.39 is 50.2 Å². The maximum atomic E-state index is 13.2. The van der Waals surface area contributed by atoms with Crippen LogP contribution in [0.25, 0.3) is 23.2 Å². The van der Waals surface area contributed by atoms with Crippen molar-refractivity contribution >= 4 is 27.9 Å². The van der Waals surface area contributed by atoms with Crippen molar-refractivity contribution in [2.45, 2.75) is 11.1 Å². The molecule has 3 rings (SSSR count). The number of primary amides is 1. The molecule has 0 bridgehead atoms. The Hall–Kier alpha value is -3.56. The Kier molecular flexibility index (Phi) is 4.85. The number of hydrogen-bond donors (Lipinski definition) is 1. The Labute approximate surface area is 173 Å². The minimum Gasteiger partial charge on any atom is -0.366 e. The maximum absolute atomic E-state index is 13.2. The SMILES string of the molecule is NC(=O)/C(=C\n1cnc(-c2cc(C(F)(F)F)cc(S(F)(F)(F)(F)F)c2)n1)c1cncnc1. The first kappa shape index (κ1) is 23.1. The molecule has 0 aliphatic heterocycles. The second-order valence-electron chi connectivity index (χ2n) is 6.30. The fourth-order valence-corrected chi connectivity index (χ4v) is 3.13. The predicted octanol–water partition coefficient (Wildman–Crippen LogP) is 4.89. The van der Waals surface area contributed by atoms with Gasteiger partial charge in [-0.1, -0.05) is 19.4 Å². The van der Waals surface area contributed by atoms with Crippen LogP contribution in [0.4, 0.5) is 32.6 Å². The molecule has 0 aliphatic rings. The van der Waals surface area contributed by atoms with Gasteiger partial charge < -0.3 is 5.73 Å². The van der Waals surface area contributed by atoms with Crippen LogP contribution in [0.2, 0.25) is 0 Å². The molecule has 0 spiro atoms. The number of nitrogens with two attached hydrogens (primary N) is 1. The molecule has 0 saturated carbocycles. The van der Waals surface area contributed by atoms with Crippen LogP contribution in [-0.4, -0.2) is 30.6 Å². The number of rotatable bonds is 5. The first-order valence-corrected chi connectivity index (χ1v) is 10.0. The van der Waals surface area contributed by atoms with E-state index in [9.17, 15) is 37.4 Å². The first-order chi connectivity index (χ1) is 14.4. The fourth-order valence-electron chi connectivity index (χ4n) is 2.43. The van der Waals surface area contributed by atoms with E-state index in [-0.39, 0.29) is 23.3 Å². The summed E-state index contributed by atoms with van der Waals surface area (Å²) in [7, 11) is -10.5. The van der Waals surface area contributed by atoms with Crippen molar-refractivity contribution in [2.75, 3.05) is 0 Å². The Morgan fingerprint density at radius 3 is 2.19 bits per heavy atom. The van der Waals surface area contributed by atoms with Crippen LogP contribution >= 0.6 is 10.2 Å². The smallest absolute Gasteiger partial charge is 0.366 e. The van der Waals surface area contributed by atoms with Crippen molar-refractivity contribution in [1.29, 1.82) is 0 Å². The summed E-state index contributed by atoms with van der Waals surface area (Å²) >= 11 is 0. The van der Waals surface area contributed by atoms with Gasteiger partial charge in [0.15, 0.2) is 5.82 Å². The average molecular weight is 486 g/mol. The van der Waals surface area contributed by atoms with E-state index >= 15 is 0 Å². The third-order valence-corrected chi connectivity index (χ3v) is 4.97. The molecule has 3 aromatic rings. The number of alkyl halides is 3. The first-order valence-electron chi connectivity index (χ1n) is 8.09. The molecule has 0 radical (unpaired) electrons. The Bertz CT molecular complexity index is 1220. The van der Waals surface area contributed by atoms with E-state index in [2.05, 4.69) is 20.1 Å². The molecule has 7 nitrogen and oxygen atoms in total. The molecule has 32 heavy (non-hydrogen) atoms. The molecule has 0 fully saturated rings. The summed E-state index contributed by atoms with van der Waals surface area (Å²) in [5, 5.41) is 3.63. The quantitative estimate of drug-likeness (QED) is 0.409. The summed E-state index contributed by atoms with van der Waals surface area (Å²) in [6, 6.07) is -0.667. The van der Waals surface area contributed by atoms with E-state index in [0.29, 0.717) is 0 Å². The molecular weight excluding hydrogens is 476 g/mol. The molecular formula is C16H10F8N6OS. The summed E-state index contributed by atoms with van der Waals surface area (Å²) in [5.74, 6) is -1.73. The standard InChI is InChI=1S/C16H10F8N6OS/c17-16(18,19)11-1-9(2-12(3-11)32(20,21,22,23)24)15-28-8-30(29-15)6-13(14(25)31)10-4-26-7-27-5-10/h1-8H,(H2,25,31)/b13-6-. The molecule has 2 N–H and O–H groups in total. The van der Waals surface area contributed by atoms with Crippen LogP contribution in [0.5, 0.6) is 0 Å². The second kappa shape index (κ2) is 6.72. The molecule has 172 valence electrons. The van der Waals surface area contributed by atoms with Gasteiger partial charge in [-0.25, -0.2) is 19.6 Å². The van der Waals surface area contributed by atoms with Crippen molar-refractivity contribution in [3.63, 3.8) is 0 Å². The monoisotopic (exact) mass is 486 g/mol. The van der Waals surface area contributed by atoms with E-state index in [1.165, 1.54) is 12.4 Å². The van der Waals surface area contributed by atoms with Crippen molar-refractivity contribution in [3.05, 3.63) is 54.4 Å². The number of carbonyl (C=O) groups excluding carboxylic acids is 1. The summed E-state index contributed by atoms with van der Waals surface area (Å²) in [6.07, 6.45) is -0.0229. The maximum Gasteiger partial charge on any atom is 0.416 e. The molecule has 0 aliphatic carbocycles. The number of halogens is 8. The van der Waals surface area contributed by atoms with Crippen molar-refractivity contribution in [3.8, 4) is 11.4 Å².